The number of nitrogens with one attached hydrogen (secondary N) is 1. The van der Waals surface area contributed by atoms with Crippen molar-refractivity contribution in [1.82, 2.24) is 10.3 Å². The molecule has 2 rings (SSSR count). The fourth-order valence-corrected chi connectivity index (χ4v) is 1.93. The van der Waals surface area contributed by atoms with Crippen molar-refractivity contribution in [3.8, 4) is 0 Å². The van der Waals surface area contributed by atoms with Gasteiger partial charge >= 0.3 is 5.97 Å². The van der Waals surface area contributed by atoms with E-state index in [0.717, 1.165) is 5.69 Å². The number of carbonyl (C=O) groups is 1. The van der Waals surface area contributed by atoms with Gasteiger partial charge in [-0.05, 0) is 31.5 Å². The normalized spacial score (nSPS) is 12.1. The van der Waals surface area contributed by atoms with Gasteiger partial charge in [0.05, 0.1) is 5.69 Å². The molecule has 1 aromatic carbocycles. The SMILES string of the molecule is Cc1ccc([C@@H](C)NCc2cccc(C(=O)O)n2)cc1. The molecule has 0 amide bonds. The lowest BCUT2D eigenvalue weighted by atomic mass is 10.1. The molecule has 1 aromatic heterocycles. The van der Waals surface area contributed by atoms with Crippen molar-refractivity contribution in [1.29, 1.82) is 0 Å². The Kier molecular flexibility index (Phi) is 4.48. The van der Waals surface area contributed by atoms with E-state index in [4.69, 9.17) is 5.11 Å². The first kappa shape index (κ1) is 14.2. The highest BCUT2D eigenvalue weighted by molar-refractivity contribution is 5.85. The van der Waals surface area contributed by atoms with Gasteiger partial charge in [-0.1, -0.05) is 35.9 Å². The van der Waals surface area contributed by atoms with E-state index in [1.165, 1.54) is 17.2 Å². The molecule has 104 valence electrons. The van der Waals surface area contributed by atoms with E-state index in [-0.39, 0.29) is 11.7 Å². The van der Waals surface area contributed by atoms with Crippen molar-refractivity contribution >= 4 is 5.97 Å². The summed E-state index contributed by atoms with van der Waals surface area (Å²) in [6.07, 6.45) is 0. The number of carboxylic acid groups (broad SMARTS) is 1. The maximum atomic E-state index is 10.9. The Morgan fingerprint density at radius 3 is 2.60 bits per heavy atom. The Bertz CT molecular complexity index is 594. The predicted molar refractivity (Wildman–Crippen MR) is 77.6 cm³/mol. The van der Waals surface area contributed by atoms with Gasteiger partial charge in [-0.25, -0.2) is 9.78 Å². The largest absolute Gasteiger partial charge is 0.477 e. The molecule has 1 atom stereocenters. The lowest BCUT2D eigenvalue weighted by Crippen LogP contribution is -2.19. The summed E-state index contributed by atoms with van der Waals surface area (Å²) in [7, 11) is 0. The number of pyridine rings is 1. The van der Waals surface area contributed by atoms with Crippen LogP contribution in [0.2, 0.25) is 0 Å². The van der Waals surface area contributed by atoms with Gasteiger partial charge in [-0.3, -0.25) is 0 Å². The number of rotatable bonds is 5. The molecule has 0 bridgehead atoms. The van der Waals surface area contributed by atoms with Crippen molar-refractivity contribution in [3.05, 3.63) is 65.0 Å². The number of hydrogen-bond acceptors (Lipinski definition) is 3. The van der Waals surface area contributed by atoms with Crippen LogP contribution < -0.4 is 5.32 Å². The van der Waals surface area contributed by atoms with Crippen molar-refractivity contribution in [2.45, 2.75) is 26.4 Å². The maximum Gasteiger partial charge on any atom is 0.354 e. The topological polar surface area (TPSA) is 62.2 Å². The van der Waals surface area contributed by atoms with Crippen LogP contribution in [-0.2, 0) is 6.54 Å². The summed E-state index contributed by atoms with van der Waals surface area (Å²) in [5, 5.41) is 12.3. The van der Waals surface area contributed by atoms with Crippen LogP contribution in [0.5, 0.6) is 0 Å². The van der Waals surface area contributed by atoms with Gasteiger partial charge in [0.25, 0.3) is 0 Å². The molecule has 20 heavy (non-hydrogen) atoms. The smallest absolute Gasteiger partial charge is 0.354 e. The third kappa shape index (κ3) is 3.65. The van der Waals surface area contributed by atoms with E-state index in [1.54, 1.807) is 6.07 Å². The van der Waals surface area contributed by atoms with Gasteiger partial charge in [-0.2, -0.15) is 0 Å². The van der Waals surface area contributed by atoms with Crippen molar-refractivity contribution in [2.24, 2.45) is 0 Å². The van der Waals surface area contributed by atoms with Gasteiger partial charge in [0, 0.05) is 12.6 Å². The van der Waals surface area contributed by atoms with E-state index in [9.17, 15) is 4.79 Å². The summed E-state index contributed by atoms with van der Waals surface area (Å²) in [5.41, 5.74) is 3.23. The third-order valence-corrected chi connectivity index (χ3v) is 3.19. The van der Waals surface area contributed by atoms with E-state index in [0.29, 0.717) is 6.54 Å². The number of hydrogen-bond donors (Lipinski definition) is 2. The molecule has 2 N–H and O–H groups in total. The minimum atomic E-state index is -1.00. The molecule has 2 aromatic rings. The zero-order chi connectivity index (χ0) is 14.5. The molecule has 0 radical (unpaired) electrons. The molecular formula is C16H18N2O2. The van der Waals surface area contributed by atoms with Gasteiger partial charge in [-0.15, -0.1) is 0 Å². The Hall–Kier alpha value is -2.20. The summed E-state index contributed by atoms with van der Waals surface area (Å²) >= 11 is 0. The number of nitrogens with zero attached hydrogens (tertiary/aromatic N) is 1. The second-order valence-electron chi connectivity index (χ2n) is 4.83. The molecule has 0 spiro atoms. The number of benzene rings is 1. The number of aromatic carboxylic acids is 1. The molecule has 0 unspecified atom stereocenters. The maximum absolute atomic E-state index is 10.9. The van der Waals surface area contributed by atoms with E-state index in [2.05, 4.69) is 48.4 Å². The summed E-state index contributed by atoms with van der Waals surface area (Å²) in [5.74, 6) is -1.00. The minimum Gasteiger partial charge on any atom is -0.477 e. The number of aromatic nitrogens is 1. The number of carboxylic acids is 1. The molecule has 4 heteroatoms. The van der Waals surface area contributed by atoms with Crippen LogP contribution in [0.1, 0.15) is 40.3 Å². The monoisotopic (exact) mass is 270 g/mol. The zero-order valence-corrected chi connectivity index (χ0v) is 11.6. The molecule has 1 heterocycles. The van der Waals surface area contributed by atoms with Crippen LogP contribution in [-0.4, -0.2) is 16.1 Å². The average Bonchev–Trinajstić information content (AvgIpc) is 2.46. The van der Waals surface area contributed by atoms with E-state index in [1.807, 2.05) is 6.07 Å². The highest BCUT2D eigenvalue weighted by Crippen LogP contribution is 2.13. The van der Waals surface area contributed by atoms with Gasteiger partial charge in [0.1, 0.15) is 5.69 Å². The molecule has 0 saturated carbocycles. The van der Waals surface area contributed by atoms with E-state index >= 15 is 0 Å². The van der Waals surface area contributed by atoms with Crippen LogP contribution >= 0.6 is 0 Å². The summed E-state index contributed by atoms with van der Waals surface area (Å²) in [4.78, 5) is 15.0. The average molecular weight is 270 g/mol. The second-order valence-corrected chi connectivity index (χ2v) is 4.83. The predicted octanol–water partition coefficient (Wildman–Crippen LogP) is 2.94. The second kappa shape index (κ2) is 6.30. The van der Waals surface area contributed by atoms with Crippen LogP contribution in [0.3, 0.4) is 0 Å². The van der Waals surface area contributed by atoms with Crippen LogP contribution in [0, 0.1) is 6.92 Å². The highest BCUT2D eigenvalue weighted by atomic mass is 16.4. The summed E-state index contributed by atoms with van der Waals surface area (Å²) < 4.78 is 0. The lowest BCUT2D eigenvalue weighted by molar-refractivity contribution is 0.0690. The first-order chi connectivity index (χ1) is 9.56. The van der Waals surface area contributed by atoms with Crippen molar-refractivity contribution in [2.75, 3.05) is 0 Å². The molecule has 0 aliphatic heterocycles. The van der Waals surface area contributed by atoms with Gasteiger partial charge in [0.15, 0.2) is 0 Å². The summed E-state index contributed by atoms with van der Waals surface area (Å²) in [6, 6.07) is 13.6. The van der Waals surface area contributed by atoms with Crippen molar-refractivity contribution in [3.63, 3.8) is 0 Å². The standard InChI is InChI=1S/C16H18N2O2/c1-11-6-8-13(9-7-11)12(2)17-10-14-4-3-5-15(18-14)16(19)20/h3-9,12,17H,10H2,1-2H3,(H,19,20)/t12-/m1/s1. The Morgan fingerprint density at radius 2 is 1.95 bits per heavy atom. The molecule has 0 aliphatic rings. The summed E-state index contributed by atoms with van der Waals surface area (Å²) in [6.45, 7) is 4.67. The van der Waals surface area contributed by atoms with Gasteiger partial charge in [0.2, 0.25) is 0 Å². The van der Waals surface area contributed by atoms with Crippen molar-refractivity contribution < 1.29 is 9.90 Å². The Balaban J connectivity index is 1.99. The number of aryl methyl sites for hydroxylation is 1. The fraction of sp³-hybridized carbons (Fsp3) is 0.250. The van der Waals surface area contributed by atoms with E-state index < -0.39 is 5.97 Å². The molecule has 0 saturated heterocycles. The molecule has 0 aliphatic carbocycles. The quantitative estimate of drug-likeness (QED) is 0.877. The molecule has 4 nitrogen and oxygen atoms in total. The first-order valence-electron chi connectivity index (χ1n) is 6.55. The lowest BCUT2D eigenvalue weighted by Gasteiger charge is -2.14. The molecule has 0 fully saturated rings. The fourth-order valence-electron chi connectivity index (χ4n) is 1.93. The molecular weight excluding hydrogens is 252 g/mol. The Morgan fingerprint density at radius 1 is 1.25 bits per heavy atom. The minimum absolute atomic E-state index is 0.0762. The first-order valence-corrected chi connectivity index (χ1v) is 6.55. The third-order valence-electron chi connectivity index (χ3n) is 3.19. The van der Waals surface area contributed by atoms with Crippen LogP contribution in [0.4, 0.5) is 0 Å². The van der Waals surface area contributed by atoms with Gasteiger partial charge < -0.3 is 10.4 Å². The highest BCUT2D eigenvalue weighted by Gasteiger charge is 2.07. The Labute approximate surface area is 118 Å². The van der Waals surface area contributed by atoms with Crippen LogP contribution in [0.25, 0.3) is 0 Å². The van der Waals surface area contributed by atoms with Crippen LogP contribution in [0.15, 0.2) is 42.5 Å². The zero-order valence-electron chi connectivity index (χ0n) is 11.6.